The Bertz CT molecular complexity index is 721. The number of H-pyrrole nitrogens is 1. The molecule has 1 aliphatic carbocycles. The monoisotopic (exact) mass is 257 g/mol. The van der Waals surface area contributed by atoms with Crippen LogP contribution >= 0.6 is 0 Å². The van der Waals surface area contributed by atoms with Crippen molar-refractivity contribution in [1.29, 1.82) is 0 Å². The predicted octanol–water partition coefficient (Wildman–Crippen LogP) is 1.83. The molecule has 1 aromatic heterocycles. The quantitative estimate of drug-likeness (QED) is 0.656. The van der Waals surface area contributed by atoms with Gasteiger partial charge < -0.3 is 4.98 Å². The normalized spacial score (nSPS) is 13.3. The van der Waals surface area contributed by atoms with Gasteiger partial charge >= 0.3 is 0 Å². The van der Waals surface area contributed by atoms with Crippen molar-refractivity contribution in [3.8, 4) is 11.4 Å². The highest BCUT2D eigenvalue weighted by Gasteiger charge is 2.21. The number of hydrogen-bond donors (Lipinski definition) is 1. The molecule has 1 heterocycles. The fourth-order valence-electron chi connectivity index (χ4n) is 2.40. The van der Waals surface area contributed by atoms with Crippen molar-refractivity contribution in [2.24, 2.45) is 0 Å². The second-order valence-corrected chi connectivity index (χ2v) is 4.47. The average molecular weight is 257 g/mol. The summed E-state index contributed by atoms with van der Waals surface area (Å²) in [6.45, 7) is 0. The lowest BCUT2D eigenvalue weighted by molar-refractivity contribution is -0.384. The molecule has 0 bridgehead atoms. The fourth-order valence-corrected chi connectivity index (χ4v) is 2.40. The second kappa shape index (κ2) is 4.31. The van der Waals surface area contributed by atoms with Gasteiger partial charge in [-0.2, -0.15) is 0 Å². The summed E-state index contributed by atoms with van der Waals surface area (Å²) in [4.78, 5) is 29.5. The molecule has 0 saturated carbocycles. The first kappa shape index (κ1) is 11.6. The molecule has 0 radical (unpaired) electrons. The van der Waals surface area contributed by atoms with E-state index in [1.165, 1.54) is 6.07 Å². The molecule has 3 rings (SSSR count). The maximum atomic E-state index is 11.9. The van der Waals surface area contributed by atoms with E-state index in [0.29, 0.717) is 11.1 Å². The summed E-state index contributed by atoms with van der Waals surface area (Å²) in [6, 6.07) is 6.28. The van der Waals surface area contributed by atoms with Crippen molar-refractivity contribution in [3.05, 3.63) is 56.0 Å². The van der Waals surface area contributed by atoms with E-state index in [2.05, 4.69) is 9.97 Å². The van der Waals surface area contributed by atoms with Crippen molar-refractivity contribution in [2.75, 3.05) is 0 Å². The molecule has 6 heteroatoms. The van der Waals surface area contributed by atoms with E-state index < -0.39 is 4.92 Å². The van der Waals surface area contributed by atoms with Gasteiger partial charge in [-0.25, -0.2) is 4.98 Å². The Morgan fingerprint density at radius 1 is 1.26 bits per heavy atom. The van der Waals surface area contributed by atoms with Gasteiger partial charge in [-0.15, -0.1) is 0 Å². The van der Waals surface area contributed by atoms with Crippen molar-refractivity contribution in [3.63, 3.8) is 0 Å². The van der Waals surface area contributed by atoms with Gasteiger partial charge in [0.15, 0.2) is 0 Å². The minimum absolute atomic E-state index is 0.0522. The number of aromatic nitrogens is 2. The third-order valence-electron chi connectivity index (χ3n) is 3.30. The zero-order chi connectivity index (χ0) is 13.4. The number of aromatic amines is 1. The molecular formula is C13H11N3O3. The minimum atomic E-state index is -0.470. The number of aryl methyl sites for hydroxylation is 1. The van der Waals surface area contributed by atoms with Gasteiger partial charge in [0.05, 0.1) is 16.2 Å². The average Bonchev–Trinajstić information content (AvgIpc) is 2.87. The predicted molar refractivity (Wildman–Crippen MR) is 69.0 cm³/mol. The smallest absolute Gasteiger partial charge is 0.280 e. The molecule has 6 nitrogen and oxygen atoms in total. The number of benzene rings is 1. The number of hydrogen-bond acceptors (Lipinski definition) is 4. The number of nitro benzene ring substituents is 1. The van der Waals surface area contributed by atoms with E-state index in [-0.39, 0.29) is 17.1 Å². The second-order valence-electron chi connectivity index (χ2n) is 4.47. The zero-order valence-corrected chi connectivity index (χ0v) is 10.0. The van der Waals surface area contributed by atoms with Crippen LogP contribution in [0.15, 0.2) is 29.1 Å². The molecule has 0 saturated heterocycles. The van der Waals surface area contributed by atoms with Gasteiger partial charge in [-0.05, 0) is 25.3 Å². The highest BCUT2D eigenvalue weighted by atomic mass is 16.6. The summed E-state index contributed by atoms with van der Waals surface area (Å²) in [6.07, 6.45) is 2.40. The van der Waals surface area contributed by atoms with Gasteiger partial charge in [0.1, 0.15) is 5.82 Å². The van der Waals surface area contributed by atoms with Gasteiger partial charge in [0.25, 0.3) is 11.2 Å². The summed E-state index contributed by atoms with van der Waals surface area (Å²) in [7, 11) is 0. The van der Waals surface area contributed by atoms with Crippen molar-refractivity contribution < 1.29 is 4.92 Å². The van der Waals surface area contributed by atoms with Gasteiger partial charge in [0, 0.05) is 11.6 Å². The van der Waals surface area contributed by atoms with Crippen LogP contribution in [-0.2, 0) is 12.8 Å². The molecule has 0 unspecified atom stereocenters. The third kappa shape index (κ3) is 1.91. The Balaban J connectivity index is 2.21. The molecule has 0 atom stereocenters. The van der Waals surface area contributed by atoms with E-state index in [1.807, 2.05) is 0 Å². The molecule has 0 aliphatic heterocycles. The Hall–Kier alpha value is -2.50. The van der Waals surface area contributed by atoms with Crippen LogP contribution in [0.25, 0.3) is 11.4 Å². The first-order chi connectivity index (χ1) is 9.16. The molecule has 0 fully saturated rings. The van der Waals surface area contributed by atoms with E-state index >= 15 is 0 Å². The first-order valence-corrected chi connectivity index (χ1v) is 6.02. The van der Waals surface area contributed by atoms with Crippen LogP contribution in [0.2, 0.25) is 0 Å². The number of nitrogens with one attached hydrogen (secondary N) is 1. The summed E-state index contributed by atoms with van der Waals surface area (Å²) in [5.41, 5.74) is 1.58. The lowest BCUT2D eigenvalue weighted by Gasteiger charge is -2.04. The van der Waals surface area contributed by atoms with Crippen LogP contribution in [0, 0.1) is 10.1 Å². The minimum Gasteiger partial charge on any atom is -0.306 e. The fraction of sp³-hybridized carbons (Fsp3) is 0.231. The van der Waals surface area contributed by atoms with Crippen LogP contribution in [0.3, 0.4) is 0 Å². The Morgan fingerprint density at radius 3 is 2.84 bits per heavy atom. The molecule has 96 valence electrons. The molecule has 19 heavy (non-hydrogen) atoms. The molecule has 0 amide bonds. The van der Waals surface area contributed by atoms with E-state index in [0.717, 1.165) is 25.0 Å². The van der Waals surface area contributed by atoms with Gasteiger partial charge in [-0.3, -0.25) is 14.9 Å². The number of para-hydroxylation sites is 1. The third-order valence-corrected chi connectivity index (χ3v) is 3.30. The van der Waals surface area contributed by atoms with E-state index in [1.54, 1.807) is 18.2 Å². The largest absolute Gasteiger partial charge is 0.306 e. The Morgan fingerprint density at radius 2 is 2.05 bits per heavy atom. The topological polar surface area (TPSA) is 88.9 Å². The number of rotatable bonds is 2. The first-order valence-electron chi connectivity index (χ1n) is 6.02. The standard InChI is InChI=1S/C13H11N3O3/c17-13-8-5-3-6-10(8)14-12(15-13)9-4-1-2-7-11(9)16(18)19/h1-2,4,7H,3,5-6H2,(H,14,15,17). The maximum absolute atomic E-state index is 11.9. The van der Waals surface area contributed by atoms with Crippen LogP contribution in [0.4, 0.5) is 5.69 Å². The van der Waals surface area contributed by atoms with Crippen LogP contribution in [0.5, 0.6) is 0 Å². The maximum Gasteiger partial charge on any atom is 0.280 e. The molecular weight excluding hydrogens is 246 g/mol. The molecule has 1 N–H and O–H groups in total. The lowest BCUT2D eigenvalue weighted by atomic mass is 10.1. The van der Waals surface area contributed by atoms with Crippen molar-refractivity contribution in [2.45, 2.75) is 19.3 Å². The number of nitrogens with zero attached hydrogens (tertiary/aromatic N) is 2. The summed E-state index contributed by atoms with van der Waals surface area (Å²) >= 11 is 0. The van der Waals surface area contributed by atoms with Crippen molar-refractivity contribution in [1.82, 2.24) is 9.97 Å². The van der Waals surface area contributed by atoms with Gasteiger partial charge in [0.2, 0.25) is 0 Å². The Kier molecular flexibility index (Phi) is 2.63. The summed E-state index contributed by atoms with van der Waals surface area (Å²) < 4.78 is 0. The molecule has 2 aromatic rings. The summed E-state index contributed by atoms with van der Waals surface area (Å²) in [5, 5.41) is 11.0. The molecule has 0 spiro atoms. The zero-order valence-electron chi connectivity index (χ0n) is 10.0. The number of nitro groups is 1. The van der Waals surface area contributed by atoms with Crippen LogP contribution in [-0.4, -0.2) is 14.9 Å². The number of fused-ring (bicyclic) bond motifs is 1. The SMILES string of the molecule is O=c1[nH]c(-c2ccccc2[N+](=O)[O-])nc2c1CCC2. The van der Waals surface area contributed by atoms with Crippen molar-refractivity contribution >= 4 is 5.69 Å². The Labute approximate surface area is 108 Å². The highest BCUT2D eigenvalue weighted by Crippen LogP contribution is 2.27. The van der Waals surface area contributed by atoms with Crippen LogP contribution in [0.1, 0.15) is 17.7 Å². The summed E-state index contributed by atoms with van der Waals surface area (Å²) in [5.74, 6) is 0.276. The van der Waals surface area contributed by atoms with E-state index in [9.17, 15) is 14.9 Å². The molecule has 1 aromatic carbocycles. The van der Waals surface area contributed by atoms with Crippen LogP contribution < -0.4 is 5.56 Å². The lowest BCUT2D eigenvalue weighted by Crippen LogP contribution is -2.15. The highest BCUT2D eigenvalue weighted by molar-refractivity contribution is 5.67. The van der Waals surface area contributed by atoms with Gasteiger partial charge in [-0.1, -0.05) is 12.1 Å². The van der Waals surface area contributed by atoms with E-state index in [4.69, 9.17) is 0 Å². The molecule has 1 aliphatic rings.